The number of phenols is 1. The van der Waals surface area contributed by atoms with Crippen molar-refractivity contribution < 1.29 is 22.8 Å². The number of nitrogens with zero attached hydrogens (tertiary/aromatic N) is 2. The van der Waals surface area contributed by atoms with E-state index in [1.54, 1.807) is 55.5 Å². The summed E-state index contributed by atoms with van der Waals surface area (Å²) < 4.78 is 29.6. The van der Waals surface area contributed by atoms with Crippen molar-refractivity contribution in [2.75, 3.05) is 11.6 Å². The van der Waals surface area contributed by atoms with Crippen LogP contribution in [0.3, 0.4) is 0 Å². The van der Waals surface area contributed by atoms with Crippen LogP contribution in [0.25, 0.3) is 22.5 Å². The molecule has 0 saturated heterocycles. The smallest absolute Gasteiger partial charge is 0.228 e. The second-order valence-corrected chi connectivity index (χ2v) is 9.54. The second kappa shape index (κ2) is 8.87. The average molecular weight is 464 g/mol. The standard InChI is InChI=1S/C24H21N3O5S/c1-15-25-24(27-32-15)16-6-5-7-18(12-16)26-23(29)14-17-13-19(28)10-11-20(17)21-8-3-4-9-22(21)33(2,30)31/h3-13,28H,14H2,1-2H3,(H,26,29). The molecule has 4 aromatic rings. The summed E-state index contributed by atoms with van der Waals surface area (Å²) in [5, 5.41) is 16.7. The number of aromatic nitrogens is 2. The number of aromatic hydroxyl groups is 1. The first kappa shape index (κ1) is 22.2. The number of benzene rings is 3. The summed E-state index contributed by atoms with van der Waals surface area (Å²) in [6.07, 6.45) is 1.06. The number of carbonyl (C=O) groups excluding carboxylic acids is 1. The molecular formula is C24H21N3O5S. The van der Waals surface area contributed by atoms with Crippen molar-refractivity contribution in [3.63, 3.8) is 0 Å². The number of aryl methyl sites for hydroxylation is 1. The molecule has 1 aromatic heterocycles. The van der Waals surface area contributed by atoms with Gasteiger partial charge in [-0.15, -0.1) is 0 Å². The monoisotopic (exact) mass is 463 g/mol. The predicted molar refractivity (Wildman–Crippen MR) is 123 cm³/mol. The van der Waals surface area contributed by atoms with Crippen molar-refractivity contribution in [2.24, 2.45) is 0 Å². The highest BCUT2D eigenvalue weighted by atomic mass is 32.2. The Morgan fingerprint density at radius 1 is 1.03 bits per heavy atom. The zero-order chi connectivity index (χ0) is 23.6. The van der Waals surface area contributed by atoms with Crippen LogP contribution < -0.4 is 5.32 Å². The third-order valence-corrected chi connectivity index (χ3v) is 6.10. The fraction of sp³-hybridized carbons (Fsp3) is 0.125. The normalized spacial score (nSPS) is 11.3. The minimum atomic E-state index is -3.50. The van der Waals surface area contributed by atoms with E-state index in [1.165, 1.54) is 18.2 Å². The van der Waals surface area contributed by atoms with Crippen molar-refractivity contribution in [2.45, 2.75) is 18.2 Å². The summed E-state index contributed by atoms with van der Waals surface area (Å²) in [6, 6.07) is 18.1. The summed E-state index contributed by atoms with van der Waals surface area (Å²) >= 11 is 0. The Hall–Kier alpha value is -3.98. The number of hydrogen-bond acceptors (Lipinski definition) is 7. The van der Waals surface area contributed by atoms with Crippen LogP contribution in [0, 0.1) is 6.92 Å². The van der Waals surface area contributed by atoms with Gasteiger partial charge in [0.1, 0.15) is 5.75 Å². The summed E-state index contributed by atoms with van der Waals surface area (Å²) in [6.45, 7) is 1.69. The summed E-state index contributed by atoms with van der Waals surface area (Å²) in [5.41, 5.74) is 2.74. The summed E-state index contributed by atoms with van der Waals surface area (Å²) in [4.78, 5) is 17.2. The van der Waals surface area contributed by atoms with Crippen LogP contribution in [0.4, 0.5) is 5.69 Å². The number of sulfone groups is 1. The van der Waals surface area contributed by atoms with Gasteiger partial charge < -0.3 is 14.9 Å². The summed E-state index contributed by atoms with van der Waals surface area (Å²) in [7, 11) is -3.50. The molecule has 0 spiro atoms. The van der Waals surface area contributed by atoms with Crippen molar-refractivity contribution in [1.82, 2.24) is 10.1 Å². The lowest BCUT2D eigenvalue weighted by molar-refractivity contribution is -0.115. The maximum absolute atomic E-state index is 12.8. The Balaban J connectivity index is 1.62. The predicted octanol–water partition coefficient (Wildman–Crippen LogP) is 4.00. The molecule has 3 aromatic carbocycles. The van der Waals surface area contributed by atoms with E-state index in [2.05, 4.69) is 15.5 Å². The number of phenolic OH excluding ortho intramolecular Hbond substituents is 1. The molecule has 0 unspecified atom stereocenters. The fourth-order valence-corrected chi connectivity index (χ4v) is 4.44. The zero-order valence-corrected chi connectivity index (χ0v) is 18.8. The van der Waals surface area contributed by atoms with E-state index in [4.69, 9.17) is 4.52 Å². The molecular weight excluding hydrogens is 442 g/mol. The lowest BCUT2D eigenvalue weighted by Gasteiger charge is -2.14. The maximum atomic E-state index is 12.8. The zero-order valence-electron chi connectivity index (χ0n) is 17.9. The molecule has 0 aliphatic heterocycles. The molecule has 1 amide bonds. The first-order valence-corrected chi connectivity index (χ1v) is 11.9. The molecule has 9 heteroatoms. The van der Waals surface area contributed by atoms with Crippen molar-refractivity contribution in [1.29, 1.82) is 0 Å². The van der Waals surface area contributed by atoms with Gasteiger partial charge >= 0.3 is 0 Å². The minimum absolute atomic E-state index is 0.0205. The third-order valence-electron chi connectivity index (χ3n) is 4.95. The Morgan fingerprint density at radius 3 is 2.55 bits per heavy atom. The molecule has 0 bridgehead atoms. The van der Waals surface area contributed by atoms with Gasteiger partial charge in [-0.05, 0) is 41.5 Å². The number of hydrogen-bond donors (Lipinski definition) is 2. The van der Waals surface area contributed by atoms with Crippen LogP contribution in [0.2, 0.25) is 0 Å². The molecule has 168 valence electrons. The lowest BCUT2D eigenvalue weighted by atomic mass is 9.97. The van der Waals surface area contributed by atoms with Gasteiger partial charge in [0, 0.05) is 30.0 Å². The molecule has 4 rings (SSSR count). The van der Waals surface area contributed by atoms with Crippen LogP contribution in [0.1, 0.15) is 11.5 Å². The van der Waals surface area contributed by atoms with E-state index in [9.17, 15) is 18.3 Å². The van der Waals surface area contributed by atoms with E-state index < -0.39 is 9.84 Å². The topological polar surface area (TPSA) is 122 Å². The van der Waals surface area contributed by atoms with Gasteiger partial charge in [0.15, 0.2) is 9.84 Å². The van der Waals surface area contributed by atoms with E-state index >= 15 is 0 Å². The highest BCUT2D eigenvalue weighted by Crippen LogP contribution is 2.32. The van der Waals surface area contributed by atoms with Crippen LogP contribution in [0.5, 0.6) is 5.75 Å². The molecule has 1 heterocycles. The van der Waals surface area contributed by atoms with Crippen LogP contribution in [0.15, 0.2) is 76.1 Å². The number of amides is 1. The number of nitrogens with one attached hydrogen (secondary N) is 1. The molecule has 0 atom stereocenters. The van der Waals surface area contributed by atoms with Crippen LogP contribution in [-0.4, -0.2) is 35.8 Å². The van der Waals surface area contributed by atoms with Gasteiger partial charge in [-0.25, -0.2) is 8.42 Å². The number of carbonyl (C=O) groups is 1. The molecule has 0 fully saturated rings. The van der Waals surface area contributed by atoms with E-state index in [0.717, 1.165) is 6.26 Å². The molecule has 33 heavy (non-hydrogen) atoms. The van der Waals surface area contributed by atoms with E-state index in [0.29, 0.717) is 39.7 Å². The van der Waals surface area contributed by atoms with E-state index in [1.807, 2.05) is 0 Å². The molecule has 0 radical (unpaired) electrons. The quantitative estimate of drug-likeness (QED) is 0.443. The van der Waals surface area contributed by atoms with Crippen molar-refractivity contribution >= 4 is 21.4 Å². The molecule has 0 aliphatic rings. The molecule has 0 saturated carbocycles. The van der Waals surface area contributed by atoms with Gasteiger partial charge in [-0.1, -0.05) is 41.6 Å². The third kappa shape index (κ3) is 5.09. The van der Waals surface area contributed by atoms with Gasteiger partial charge in [0.05, 0.1) is 11.3 Å². The van der Waals surface area contributed by atoms with Crippen molar-refractivity contribution in [3.05, 3.63) is 78.2 Å². The Bertz CT molecular complexity index is 1440. The minimum Gasteiger partial charge on any atom is -0.508 e. The van der Waals surface area contributed by atoms with Gasteiger partial charge in [0.2, 0.25) is 17.6 Å². The summed E-state index contributed by atoms with van der Waals surface area (Å²) in [5.74, 6) is 0.495. The largest absolute Gasteiger partial charge is 0.508 e. The average Bonchev–Trinajstić information content (AvgIpc) is 3.20. The van der Waals surface area contributed by atoms with Gasteiger partial charge in [-0.2, -0.15) is 4.98 Å². The van der Waals surface area contributed by atoms with Crippen molar-refractivity contribution in [3.8, 4) is 28.3 Å². The van der Waals surface area contributed by atoms with E-state index in [-0.39, 0.29) is 23.0 Å². The highest BCUT2D eigenvalue weighted by Gasteiger charge is 2.18. The molecule has 8 nitrogen and oxygen atoms in total. The first-order valence-electron chi connectivity index (χ1n) is 10.0. The van der Waals surface area contributed by atoms with Gasteiger partial charge in [-0.3, -0.25) is 4.79 Å². The lowest BCUT2D eigenvalue weighted by Crippen LogP contribution is -2.15. The molecule has 0 aliphatic carbocycles. The Labute approximate surface area is 190 Å². The number of rotatable bonds is 6. The number of anilines is 1. The van der Waals surface area contributed by atoms with Crippen LogP contribution in [-0.2, 0) is 21.1 Å². The maximum Gasteiger partial charge on any atom is 0.228 e. The van der Waals surface area contributed by atoms with Crippen LogP contribution >= 0.6 is 0 Å². The Kier molecular flexibility index (Phi) is 5.97. The fourth-order valence-electron chi connectivity index (χ4n) is 3.53. The SMILES string of the molecule is Cc1nc(-c2cccc(NC(=O)Cc3cc(O)ccc3-c3ccccc3S(C)(=O)=O)c2)no1. The Morgan fingerprint density at radius 2 is 1.82 bits per heavy atom. The second-order valence-electron chi connectivity index (χ2n) is 7.55. The first-order chi connectivity index (χ1) is 15.7. The molecule has 2 N–H and O–H groups in total. The van der Waals surface area contributed by atoms with Gasteiger partial charge in [0.25, 0.3) is 0 Å². The highest BCUT2D eigenvalue weighted by molar-refractivity contribution is 7.90.